The Morgan fingerprint density at radius 1 is 1.24 bits per heavy atom. The highest BCUT2D eigenvalue weighted by Gasteiger charge is 2.24. The molecule has 0 aliphatic carbocycles. The van der Waals surface area contributed by atoms with Gasteiger partial charge in [0, 0.05) is 50.5 Å². The van der Waals surface area contributed by atoms with Crippen molar-refractivity contribution in [1.82, 2.24) is 19.4 Å². The lowest BCUT2D eigenvalue weighted by atomic mass is 10.1. The van der Waals surface area contributed by atoms with Crippen LogP contribution in [0.1, 0.15) is 25.2 Å². The van der Waals surface area contributed by atoms with Gasteiger partial charge >= 0.3 is 0 Å². The van der Waals surface area contributed by atoms with Crippen LogP contribution in [0, 0.1) is 5.92 Å². The van der Waals surface area contributed by atoms with Gasteiger partial charge in [0.25, 0.3) is 0 Å². The molecule has 0 bridgehead atoms. The zero-order valence-electron chi connectivity index (χ0n) is 15.9. The van der Waals surface area contributed by atoms with E-state index in [0.717, 1.165) is 38.5 Å². The van der Waals surface area contributed by atoms with Crippen molar-refractivity contribution in [2.75, 3.05) is 27.2 Å². The van der Waals surface area contributed by atoms with E-state index in [1.54, 1.807) is 7.11 Å². The number of methoxy groups -OCH3 is 1. The molecule has 1 aromatic heterocycles. The van der Waals surface area contributed by atoms with Gasteiger partial charge in [0.05, 0.1) is 13.7 Å². The Bertz CT molecular complexity index is 665. The molecule has 2 heterocycles. The highest BCUT2D eigenvalue weighted by atomic mass is 16.5. The normalized spacial score (nSPS) is 18.4. The Morgan fingerprint density at radius 3 is 2.68 bits per heavy atom. The fourth-order valence-electron chi connectivity index (χ4n) is 3.47. The van der Waals surface area contributed by atoms with Crippen LogP contribution in [0.25, 0.3) is 0 Å². The first-order chi connectivity index (χ1) is 12.0. The minimum atomic E-state index is 0.570. The molecule has 0 saturated heterocycles. The Hall–Kier alpha value is -1.85. The molecule has 1 aromatic carbocycles. The van der Waals surface area contributed by atoms with E-state index in [1.165, 1.54) is 11.4 Å². The number of aromatic nitrogens is 2. The maximum absolute atomic E-state index is 5.27. The van der Waals surface area contributed by atoms with Gasteiger partial charge in [-0.25, -0.2) is 4.98 Å². The second kappa shape index (κ2) is 8.02. The second-order valence-electron chi connectivity index (χ2n) is 7.41. The van der Waals surface area contributed by atoms with Crippen LogP contribution < -0.4 is 4.74 Å². The summed E-state index contributed by atoms with van der Waals surface area (Å²) in [7, 11) is 3.93. The minimum Gasteiger partial charge on any atom is -0.497 e. The third-order valence-corrected chi connectivity index (χ3v) is 5.13. The topological polar surface area (TPSA) is 33.5 Å². The van der Waals surface area contributed by atoms with Gasteiger partial charge in [0.15, 0.2) is 0 Å². The second-order valence-corrected chi connectivity index (χ2v) is 7.41. The Balaban J connectivity index is 1.73. The zero-order chi connectivity index (χ0) is 17.8. The quantitative estimate of drug-likeness (QED) is 0.808. The van der Waals surface area contributed by atoms with E-state index in [4.69, 9.17) is 4.74 Å². The predicted octanol–water partition coefficient (Wildman–Crippen LogP) is 2.86. The van der Waals surface area contributed by atoms with Crippen LogP contribution in [0.5, 0.6) is 5.75 Å². The highest BCUT2D eigenvalue weighted by Crippen LogP contribution is 2.20. The molecule has 1 unspecified atom stereocenters. The maximum atomic E-state index is 5.27. The lowest BCUT2D eigenvalue weighted by molar-refractivity contribution is 0.166. The molecule has 0 amide bonds. The van der Waals surface area contributed by atoms with Crippen LogP contribution in [0.3, 0.4) is 0 Å². The van der Waals surface area contributed by atoms with Crippen molar-refractivity contribution in [1.29, 1.82) is 0 Å². The molecule has 0 saturated carbocycles. The summed E-state index contributed by atoms with van der Waals surface area (Å²) in [5.74, 6) is 2.68. The Morgan fingerprint density at radius 2 is 2.00 bits per heavy atom. The largest absolute Gasteiger partial charge is 0.497 e. The Labute approximate surface area is 151 Å². The third-order valence-electron chi connectivity index (χ3n) is 5.13. The molecule has 136 valence electrons. The van der Waals surface area contributed by atoms with Crippen molar-refractivity contribution in [3.05, 3.63) is 48.0 Å². The van der Waals surface area contributed by atoms with Gasteiger partial charge in [-0.3, -0.25) is 4.90 Å². The van der Waals surface area contributed by atoms with Crippen molar-refractivity contribution < 1.29 is 4.74 Å². The average Bonchev–Trinajstić information content (AvgIpc) is 2.95. The predicted molar refractivity (Wildman–Crippen MR) is 101 cm³/mol. The first kappa shape index (κ1) is 18.0. The number of hydrogen-bond donors (Lipinski definition) is 0. The summed E-state index contributed by atoms with van der Waals surface area (Å²) >= 11 is 0. The molecule has 2 aromatic rings. The number of hydrogen-bond acceptors (Lipinski definition) is 4. The van der Waals surface area contributed by atoms with Gasteiger partial charge in [-0.2, -0.15) is 0 Å². The van der Waals surface area contributed by atoms with Crippen molar-refractivity contribution in [3.8, 4) is 5.75 Å². The van der Waals surface area contributed by atoms with Crippen LogP contribution in [0.2, 0.25) is 0 Å². The molecule has 1 aliphatic heterocycles. The minimum absolute atomic E-state index is 0.570. The van der Waals surface area contributed by atoms with E-state index >= 15 is 0 Å². The molecule has 1 aliphatic rings. The molecule has 0 radical (unpaired) electrons. The van der Waals surface area contributed by atoms with Crippen molar-refractivity contribution in [2.24, 2.45) is 5.92 Å². The van der Waals surface area contributed by atoms with Crippen LogP contribution in [0.15, 0.2) is 36.7 Å². The monoisotopic (exact) mass is 342 g/mol. The fourth-order valence-corrected chi connectivity index (χ4v) is 3.47. The maximum Gasteiger partial charge on any atom is 0.122 e. The van der Waals surface area contributed by atoms with E-state index in [2.05, 4.69) is 58.6 Å². The van der Waals surface area contributed by atoms with E-state index in [0.29, 0.717) is 12.0 Å². The van der Waals surface area contributed by atoms with Crippen molar-refractivity contribution in [3.63, 3.8) is 0 Å². The summed E-state index contributed by atoms with van der Waals surface area (Å²) in [5, 5.41) is 0. The summed E-state index contributed by atoms with van der Waals surface area (Å²) in [6.45, 7) is 9.61. The number of benzene rings is 1. The number of rotatable bonds is 6. The molecule has 5 heteroatoms. The smallest absolute Gasteiger partial charge is 0.122 e. The van der Waals surface area contributed by atoms with Crippen LogP contribution in [-0.2, 0) is 19.6 Å². The highest BCUT2D eigenvalue weighted by molar-refractivity contribution is 5.27. The molecule has 5 nitrogen and oxygen atoms in total. The fraction of sp³-hybridized carbons (Fsp3) is 0.550. The molecule has 0 spiro atoms. The summed E-state index contributed by atoms with van der Waals surface area (Å²) in [6, 6.07) is 8.97. The van der Waals surface area contributed by atoms with Crippen LogP contribution in [0.4, 0.5) is 0 Å². The van der Waals surface area contributed by atoms with E-state index in [9.17, 15) is 0 Å². The number of nitrogens with zero attached hydrogens (tertiary/aromatic N) is 4. The van der Waals surface area contributed by atoms with E-state index < -0.39 is 0 Å². The molecule has 25 heavy (non-hydrogen) atoms. The van der Waals surface area contributed by atoms with Gasteiger partial charge in [-0.15, -0.1) is 0 Å². The van der Waals surface area contributed by atoms with Crippen LogP contribution in [-0.4, -0.2) is 52.6 Å². The van der Waals surface area contributed by atoms with Gasteiger partial charge in [-0.05, 0) is 38.6 Å². The first-order valence-corrected chi connectivity index (χ1v) is 9.10. The molecular formula is C20H30N4O. The van der Waals surface area contributed by atoms with Crippen molar-refractivity contribution in [2.45, 2.75) is 39.5 Å². The Kier molecular flexibility index (Phi) is 5.76. The molecule has 0 N–H and O–H groups in total. The van der Waals surface area contributed by atoms with Crippen molar-refractivity contribution >= 4 is 0 Å². The number of ether oxygens (including phenoxy) is 1. The third kappa shape index (κ3) is 4.61. The molecule has 1 atom stereocenters. The lowest BCUT2D eigenvalue weighted by Crippen LogP contribution is -2.37. The number of imidazole rings is 1. The summed E-state index contributed by atoms with van der Waals surface area (Å²) in [5.41, 5.74) is 1.32. The summed E-state index contributed by atoms with van der Waals surface area (Å²) in [4.78, 5) is 9.54. The lowest BCUT2D eigenvalue weighted by Gasteiger charge is -2.29. The molecule has 3 rings (SSSR count). The standard InChI is InChI=1S/C20H30N4O/c1-16(2)22(3)11-18-13-23(15-20-21-9-10-24(20)14-18)12-17-5-7-19(25-4)8-6-17/h5-10,16,18H,11-15H2,1-4H3. The van der Waals surface area contributed by atoms with Crippen LogP contribution >= 0.6 is 0 Å². The number of fused-ring (bicyclic) bond motifs is 1. The molecule has 0 fully saturated rings. The van der Waals surface area contributed by atoms with Gasteiger partial charge in [0.1, 0.15) is 11.6 Å². The molecular weight excluding hydrogens is 312 g/mol. The first-order valence-electron chi connectivity index (χ1n) is 9.10. The van der Waals surface area contributed by atoms with Gasteiger partial charge in [-0.1, -0.05) is 12.1 Å². The summed E-state index contributed by atoms with van der Waals surface area (Å²) < 4.78 is 7.59. The van der Waals surface area contributed by atoms with E-state index in [-0.39, 0.29) is 0 Å². The zero-order valence-corrected chi connectivity index (χ0v) is 15.9. The SMILES string of the molecule is COc1ccc(CN2Cc3nccn3CC(CN(C)C(C)C)C2)cc1. The average molecular weight is 342 g/mol. The summed E-state index contributed by atoms with van der Waals surface area (Å²) in [6.07, 6.45) is 4.05. The van der Waals surface area contributed by atoms with Gasteiger partial charge in [0.2, 0.25) is 0 Å². The van der Waals surface area contributed by atoms with Gasteiger partial charge < -0.3 is 14.2 Å². The van der Waals surface area contributed by atoms with E-state index in [1.807, 2.05) is 18.3 Å².